The lowest BCUT2D eigenvalue weighted by molar-refractivity contribution is -0.387. The van der Waals surface area contributed by atoms with Gasteiger partial charge in [-0.2, -0.15) is 4.98 Å². The van der Waals surface area contributed by atoms with Crippen LogP contribution in [-0.2, 0) is 6.42 Å². The molecule has 0 aliphatic carbocycles. The molecule has 0 aliphatic rings. The Kier molecular flexibility index (Phi) is 7.31. The van der Waals surface area contributed by atoms with E-state index in [1.165, 1.54) is 29.2 Å². The number of likely N-dealkylation sites (N-methyl/N-ethyl adjacent to an activating group) is 1. The van der Waals surface area contributed by atoms with Gasteiger partial charge >= 0.3 is 0 Å². The summed E-state index contributed by atoms with van der Waals surface area (Å²) in [6.45, 7) is 3.90. The first kappa shape index (κ1) is 21.3. The fraction of sp³-hybridized carbons (Fsp3) is 0.312. The lowest BCUT2D eigenvalue weighted by atomic mass is 10.2. The monoisotopic (exact) mass is 427 g/mol. The van der Waals surface area contributed by atoms with Crippen LogP contribution in [0, 0.1) is 17.0 Å². The van der Waals surface area contributed by atoms with E-state index in [-0.39, 0.29) is 30.0 Å². The second kappa shape index (κ2) is 9.27. The first-order chi connectivity index (χ1) is 12.5. The van der Waals surface area contributed by atoms with Crippen LogP contribution in [0.4, 0.5) is 5.69 Å². The Balaban J connectivity index is 0.00000261. The molecule has 1 N–H and O–H groups in total. The van der Waals surface area contributed by atoms with Gasteiger partial charge in [0.1, 0.15) is 0 Å². The van der Waals surface area contributed by atoms with Crippen molar-refractivity contribution in [2.45, 2.75) is 35.5 Å². The second-order valence-corrected chi connectivity index (χ2v) is 7.85. The lowest BCUT2D eigenvalue weighted by Gasteiger charge is -2.04. The van der Waals surface area contributed by atoms with E-state index in [1.54, 1.807) is 12.1 Å². The van der Waals surface area contributed by atoms with Gasteiger partial charge in [-0.15, -0.1) is 23.7 Å². The van der Waals surface area contributed by atoms with Crippen LogP contribution < -0.4 is 5.32 Å². The summed E-state index contributed by atoms with van der Waals surface area (Å²) in [5.74, 6) is 0.828. The maximum absolute atomic E-state index is 11.5. The normalized spacial score (nSPS) is 11.8. The highest BCUT2D eigenvalue weighted by Gasteiger charge is 2.20. The van der Waals surface area contributed by atoms with Gasteiger partial charge in [-0.25, -0.2) is 4.98 Å². The molecule has 11 heteroatoms. The van der Waals surface area contributed by atoms with Crippen molar-refractivity contribution in [2.24, 2.45) is 0 Å². The van der Waals surface area contributed by atoms with E-state index in [0.29, 0.717) is 22.7 Å². The molecule has 0 aliphatic heterocycles. The van der Waals surface area contributed by atoms with E-state index in [9.17, 15) is 10.1 Å². The van der Waals surface area contributed by atoms with Crippen LogP contribution in [0.15, 0.2) is 37.3 Å². The number of aryl methyl sites for hydroxylation is 1. The van der Waals surface area contributed by atoms with Crippen molar-refractivity contribution in [1.82, 2.24) is 20.4 Å². The molecule has 2 heterocycles. The number of aromatic nitrogens is 3. The number of hydrogen-bond acceptors (Lipinski definition) is 9. The van der Waals surface area contributed by atoms with E-state index < -0.39 is 4.92 Å². The molecule has 27 heavy (non-hydrogen) atoms. The molecular formula is C16H18ClN5O3S2. The SMILES string of the molecule is CNC(C)Cc1noc(-c2ccc(Sc3nc(C)cs3)c([N+](=O)[O-])c2)n1.Cl. The molecule has 2 aromatic heterocycles. The third-order valence-corrected chi connectivity index (χ3v) is 5.77. The summed E-state index contributed by atoms with van der Waals surface area (Å²) in [4.78, 5) is 20.3. The number of thiazole rings is 1. The number of halogens is 1. The van der Waals surface area contributed by atoms with E-state index in [4.69, 9.17) is 4.52 Å². The van der Waals surface area contributed by atoms with E-state index >= 15 is 0 Å². The minimum Gasteiger partial charge on any atom is -0.334 e. The quantitative estimate of drug-likeness (QED) is 0.443. The predicted molar refractivity (Wildman–Crippen MR) is 107 cm³/mol. The number of nitro benzene ring substituents is 1. The first-order valence-corrected chi connectivity index (χ1v) is 9.54. The highest BCUT2D eigenvalue weighted by Crippen LogP contribution is 2.38. The van der Waals surface area contributed by atoms with Gasteiger partial charge in [0.15, 0.2) is 10.2 Å². The molecule has 3 aromatic rings. The fourth-order valence-corrected chi connectivity index (χ4v) is 4.06. The van der Waals surface area contributed by atoms with E-state index in [2.05, 4.69) is 20.4 Å². The molecule has 3 rings (SSSR count). The summed E-state index contributed by atoms with van der Waals surface area (Å²) in [6, 6.07) is 5.10. The third-order valence-electron chi connectivity index (χ3n) is 3.65. The summed E-state index contributed by atoms with van der Waals surface area (Å²) < 4.78 is 6.03. The van der Waals surface area contributed by atoms with Crippen molar-refractivity contribution in [1.29, 1.82) is 0 Å². The van der Waals surface area contributed by atoms with Crippen molar-refractivity contribution in [2.75, 3.05) is 7.05 Å². The third kappa shape index (κ3) is 5.25. The van der Waals surface area contributed by atoms with Gasteiger partial charge in [-0.05, 0) is 33.0 Å². The standard InChI is InChI=1S/C16H17N5O3S2.ClH/c1-9(17-3)6-14-19-15(24-20-14)11-4-5-13(12(7-11)21(22)23)26-16-18-10(2)8-25-16;/h4-5,7-9,17H,6H2,1-3H3;1H. The Morgan fingerprint density at radius 3 is 2.81 bits per heavy atom. The van der Waals surface area contributed by atoms with Crippen LogP contribution in [0.2, 0.25) is 0 Å². The molecule has 1 aromatic carbocycles. The van der Waals surface area contributed by atoms with Gasteiger partial charge in [0.2, 0.25) is 0 Å². The summed E-state index contributed by atoms with van der Waals surface area (Å²) >= 11 is 2.73. The molecule has 1 unspecified atom stereocenters. The zero-order chi connectivity index (χ0) is 18.7. The zero-order valence-corrected chi connectivity index (χ0v) is 17.3. The van der Waals surface area contributed by atoms with Gasteiger partial charge in [0, 0.05) is 35.2 Å². The summed E-state index contributed by atoms with van der Waals surface area (Å²) in [6.07, 6.45) is 0.611. The average molecular weight is 428 g/mol. The highest BCUT2D eigenvalue weighted by molar-refractivity contribution is 8.01. The van der Waals surface area contributed by atoms with Crippen molar-refractivity contribution in [3.63, 3.8) is 0 Å². The van der Waals surface area contributed by atoms with Crippen LogP contribution in [0.25, 0.3) is 11.5 Å². The first-order valence-electron chi connectivity index (χ1n) is 7.85. The molecule has 144 valence electrons. The number of benzene rings is 1. The molecule has 1 atom stereocenters. The van der Waals surface area contributed by atoms with Gasteiger partial charge in [0.05, 0.1) is 9.82 Å². The van der Waals surface area contributed by atoms with Crippen LogP contribution in [0.3, 0.4) is 0 Å². The Labute approximate surface area is 170 Å². The summed E-state index contributed by atoms with van der Waals surface area (Å²) in [5, 5.41) is 20.4. The van der Waals surface area contributed by atoms with Crippen molar-refractivity contribution in [3.05, 3.63) is 45.2 Å². The van der Waals surface area contributed by atoms with Crippen molar-refractivity contribution in [3.8, 4) is 11.5 Å². The fourth-order valence-electron chi connectivity index (χ4n) is 2.18. The minimum atomic E-state index is -0.410. The molecule has 8 nitrogen and oxygen atoms in total. The highest BCUT2D eigenvalue weighted by atomic mass is 35.5. The largest absolute Gasteiger partial charge is 0.334 e. The van der Waals surface area contributed by atoms with E-state index in [1.807, 2.05) is 26.3 Å². The van der Waals surface area contributed by atoms with Crippen molar-refractivity contribution < 1.29 is 9.45 Å². The van der Waals surface area contributed by atoms with Crippen molar-refractivity contribution >= 4 is 41.2 Å². The maximum Gasteiger partial charge on any atom is 0.284 e. The molecule has 0 saturated heterocycles. The second-order valence-electron chi connectivity index (χ2n) is 5.71. The molecule has 0 bridgehead atoms. The van der Waals surface area contributed by atoms with Gasteiger partial charge < -0.3 is 9.84 Å². The van der Waals surface area contributed by atoms with Crippen LogP contribution in [0.1, 0.15) is 18.4 Å². The number of nitrogens with zero attached hydrogens (tertiary/aromatic N) is 4. The zero-order valence-electron chi connectivity index (χ0n) is 14.8. The number of hydrogen-bond donors (Lipinski definition) is 1. The van der Waals surface area contributed by atoms with Gasteiger partial charge in [-0.3, -0.25) is 10.1 Å². The molecule has 0 saturated carbocycles. The van der Waals surface area contributed by atoms with Crippen LogP contribution >= 0.6 is 35.5 Å². The predicted octanol–water partition coefficient (Wildman–Crippen LogP) is 4.13. The lowest BCUT2D eigenvalue weighted by Crippen LogP contribution is -2.24. The Morgan fingerprint density at radius 1 is 1.41 bits per heavy atom. The van der Waals surface area contributed by atoms with Crippen LogP contribution in [0.5, 0.6) is 0 Å². The topological polar surface area (TPSA) is 107 Å². The Hall–Kier alpha value is -2.01. The molecule has 0 fully saturated rings. The summed E-state index contributed by atoms with van der Waals surface area (Å²) in [5.41, 5.74) is 1.40. The number of nitro groups is 1. The molecular weight excluding hydrogens is 410 g/mol. The minimum absolute atomic E-state index is 0. The average Bonchev–Trinajstić information content (AvgIpc) is 3.24. The number of nitrogens with one attached hydrogen (secondary N) is 1. The number of rotatable bonds is 7. The van der Waals surface area contributed by atoms with E-state index in [0.717, 1.165) is 10.0 Å². The van der Waals surface area contributed by atoms with Gasteiger partial charge in [-0.1, -0.05) is 16.9 Å². The molecule has 0 spiro atoms. The smallest absolute Gasteiger partial charge is 0.284 e. The summed E-state index contributed by atoms with van der Waals surface area (Å²) in [7, 11) is 1.86. The Morgan fingerprint density at radius 2 is 2.19 bits per heavy atom. The van der Waals surface area contributed by atoms with Crippen LogP contribution in [-0.4, -0.2) is 33.1 Å². The maximum atomic E-state index is 11.5. The van der Waals surface area contributed by atoms with Gasteiger partial charge in [0.25, 0.3) is 11.6 Å². The molecule has 0 radical (unpaired) electrons. The Bertz CT molecular complexity index is 930. The molecule has 0 amide bonds.